The lowest BCUT2D eigenvalue weighted by Gasteiger charge is -2.57. The Balaban J connectivity index is 1.43. The Morgan fingerprint density at radius 2 is 2.28 bits per heavy atom. The van der Waals surface area contributed by atoms with E-state index in [-0.39, 0.29) is 29.7 Å². The maximum absolute atomic E-state index is 12.8. The Hall–Kier alpha value is -2.18. The van der Waals surface area contributed by atoms with Gasteiger partial charge in [-0.2, -0.15) is 0 Å². The van der Waals surface area contributed by atoms with Crippen molar-refractivity contribution >= 4 is 23.1 Å². The second-order valence-electron chi connectivity index (χ2n) is 8.80. The number of rotatable bonds is 3. The number of likely N-dealkylation sites (tertiary alicyclic amines) is 1. The van der Waals surface area contributed by atoms with Gasteiger partial charge in [0, 0.05) is 33.9 Å². The molecule has 2 aromatic rings. The van der Waals surface area contributed by atoms with Crippen LogP contribution in [0.15, 0.2) is 29.6 Å². The van der Waals surface area contributed by atoms with Gasteiger partial charge in [-0.25, -0.2) is 0 Å². The summed E-state index contributed by atoms with van der Waals surface area (Å²) in [6, 6.07) is 8.02. The lowest BCUT2D eigenvalue weighted by molar-refractivity contribution is -0.138. The van der Waals surface area contributed by atoms with Crippen LogP contribution in [0.1, 0.15) is 35.3 Å². The molecule has 0 radical (unpaired) electrons. The first-order valence-electron chi connectivity index (χ1n) is 10.4. The molecule has 3 heterocycles. The van der Waals surface area contributed by atoms with Gasteiger partial charge in [0.1, 0.15) is 11.5 Å². The fourth-order valence-electron chi connectivity index (χ4n) is 6.33. The zero-order valence-corrected chi connectivity index (χ0v) is 17.2. The monoisotopic (exact) mass is 409 g/mol. The summed E-state index contributed by atoms with van der Waals surface area (Å²) in [4.78, 5) is 28.8. The van der Waals surface area contributed by atoms with Gasteiger partial charge in [-0.3, -0.25) is 9.59 Å². The molecular weight excluding hydrogens is 386 g/mol. The van der Waals surface area contributed by atoms with Gasteiger partial charge in [-0.05, 0) is 62.4 Å². The smallest absolute Gasteiger partial charge is 0.316 e. The number of benzene rings is 1. The van der Waals surface area contributed by atoms with E-state index in [0.717, 1.165) is 47.6 Å². The van der Waals surface area contributed by atoms with Crippen LogP contribution in [-0.2, 0) is 27.8 Å². The highest BCUT2D eigenvalue weighted by Gasteiger charge is 2.65. The number of carbonyl (C=O) groups excluding carboxylic acids is 2. The van der Waals surface area contributed by atoms with Crippen LogP contribution < -0.4 is 9.47 Å². The third-order valence-corrected chi connectivity index (χ3v) is 8.39. The third-order valence-electron chi connectivity index (χ3n) is 7.51. The average molecular weight is 410 g/mol. The van der Waals surface area contributed by atoms with E-state index < -0.39 is 0 Å². The highest BCUT2D eigenvalue weighted by atomic mass is 32.1. The van der Waals surface area contributed by atoms with E-state index in [9.17, 15) is 9.59 Å². The van der Waals surface area contributed by atoms with Crippen molar-refractivity contribution in [3.05, 3.63) is 45.6 Å². The van der Waals surface area contributed by atoms with Crippen molar-refractivity contribution in [3.8, 4) is 11.5 Å². The van der Waals surface area contributed by atoms with Gasteiger partial charge in [-0.1, -0.05) is 6.07 Å². The van der Waals surface area contributed by atoms with Crippen LogP contribution in [0, 0.1) is 5.92 Å². The summed E-state index contributed by atoms with van der Waals surface area (Å²) in [6.07, 6.45) is 3.21. The van der Waals surface area contributed by atoms with Gasteiger partial charge >= 0.3 is 5.97 Å². The molecule has 1 saturated heterocycles. The zero-order valence-electron chi connectivity index (χ0n) is 16.3. The number of hydrogen-bond acceptors (Lipinski definition) is 6. The topological polar surface area (TPSA) is 55.8 Å². The molecule has 2 aliphatic heterocycles. The largest absolute Gasteiger partial charge is 0.481 e. The van der Waals surface area contributed by atoms with Crippen LogP contribution in [0.25, 0.3) is 0 Å². The van der Waals surface area contributed by atoms with Crippen molar-refractivity contribution in [1.82, 2.24) is 4.90 Å². The standard InChI is InChI=1S/C23H23NO4S/c1-24-9-8-23-15-4-5-17(25)22(23)28-19-7-6-18(14(21(19)23)12-16(15)24)27-20(26)11-13-3-2-10-29-13/h2-3,6-7,10,15-16,22H,4-5,8-9,11-12H2,1H3/t15-,16+,22-,23-/m0/s1. The summed E-state index contributed by atoms with van der Waals surface area (Å²) in [5.41, 5.74) is 1.99. The van der Waals surface area contributed by atoms with Gasteiger partial charge in [-0.15, -0.1) is 11.3 Å². The number of piperidine rings is 1. The molecule has 2 aliphatic carbocycles. The fourth-order valence-corrected chi connectivity index (χ4v) is 7.02. The molecule has 6 heteroatoms. The second-order valence-corrected chi connectivity index (χ2v) is 9.83. The number of ketones is 1. The Kier molecular flexibility index (Phi) is 3.75. The van der Waals surface area contributed by atoms with Crippen LogP contribution in [0.3, 0.4) is 0 Å². The predicted octanol–water partition coefficient (Wildman–Crippen LogP) is 3.13. The number of ether oxygens (including phenoxy) is 2. The van der Waals surface area contributed by atoms with Crippen LogP contribution in [-0.4, -0.2) is 42.4 Å². The molecule has 0 amide bonds. The van der Waals surface area contributed by atoms with Crippen molar-refractivity contribution in [2.24, 2.45) is 5.92 Å². The fraction of sp³-hybridized carbons (Fsp3) is 0.478. The maximum atomic E-state index is 12.8. The van der Waals surface area contributed by atoms with E-state index in [2.05, 4.69) is 11.9 Å². The van der Waals surface area contributed by atoms with Crippen LogP contribution in [0.4, 0.5) is 0 Å². The normalized spacial score (nSPS) is 31.9. The Morgan fingerprint density at radius 1 is 1.38 bits per heavy atom. The molecule has 4 atom stereocenters. The van der Waals surface area contributed by atoms with Crippen molar-refractivity contribution in [2.75, 3.05) is 13.6 Å². The Labute approximate surface area is 173 Å². The lowest BCUT2D eigenvalue weighted by atomic mass is 9.51. The molecule has 0 unspecified atom stereocenters. The van der Waals surface area contributed by atoms with E-state index in [1.165, 1.54) is 0 Å². The minimum atomic E-state index is -0.372. The number of Topliss-reactive ketones (excluding diaryl/α,β-unsaturated/α-hetero) is 1. The molecule has 29 heavy (non-hydrogen) atoms. The second kappa shape index (κ2) is 6.16. The van der Waals surface area contributed by atoms with Crippen molar-refractivity contribution in [3.63, 3.8) is 0 Å². The molecule has 1 spiro atoms. The van der Waals surface area contributed by atoms with E-state index in [1.807, 2.05) is 29.6 Å². The van der Waals surface area contributed by atoms with E-state index in [0.29, 0.717) is 24.1 Å². The highest BCUT2D eigenvalue weighted by Crippen LogP contribution is 2.62. The Bertz CT molecular complexity index is 1020. The average Bonchev–Trinajstić information content (AvgIpc) is 3.32. The summed E-state index contributed by atoms with van der Waals surface area (Å²) in [5, 5.41) is 1.97. The first-order valence-corrected chi connectivity index (χ1v) is 11.2. The molecule has 5 nitrogen and oxygen atoms in total. The van der Waals surface area contributed by atoms with Crippen molar-refractivity contribution in [2.45, 2.75) is 49.7 Å². The van der Waals surface area contributed by atoms with Gasteiger partial charge in [0.2, 0.25) is 0 Å². The quantitative estimate of drug-likeness (QED) is 0.576. The molecule has 4 aliphatic rings. The molecule has 1 aromatic carbocycles. The van der Waals surface area contributed by atoms with Crippen LogP contribution in [0.2, 0.25) is 0 Å². The molecule has 2 bridgehead atoms. The van der Waals surface area contributed by atoms with Gasteiger partial charge < -0.3 is 14.4 Å². The first kappa shape index (κ1) is 17.7. The zero-order chi connectivity index (χ0) is 19.8. The molecular formula is C23H23NO4S. The summed E-state index contributed by atoms with van der Waals surface area (Å²) in [7, 11) is 2.18. The SMILES string of the molecule is CN1CC[C@@]23c4c5ccc(OC(=O)Cc6cccs6)c4C[C@@H]1[C@@H]2CCC(=O)[C@@H]3O5. The minimum Gasteiger partial charge on any atom is -0.481 e. The molecule has 1 aromatic heterocycles. The summed E-state index contributed by atoms with van der Waals surface area (Å²) < 4.78 is 12.1. The maximum Gasteiger partial charge on any atom is 0.316 e. The van der Waals surface area contributed by atoms with Crippen molar-refractivity contribution in [1.29, 1.82) is 0 Å². The molecule has 0 N–H and O–H groups in total. The van der Waals surface area contributed by atoms with Gasteiger partial charge in [0.15, 0.2) is 11.9 Å². The summed E-state index contributed by atoms with van der Waals surface area (Å²) in [6.45, 7) is 0.968. The molecule has 2 fully saturated rings. The Morgan fingerprint density at radius 3 is 3.10 bits per heavy atom. The van der Waals surface area contributed by atoms with E-state index in [1.54, 1.807) is 11.3 Å². The number of likely N-dealkylation sites (N-methyl/N-ethyl adjacent to an activating group) is 1. The number of hydrogen-bond donors (Lipinski definition) is 0. The van der Waals surface area contributed by atoms with Crippen LogP contribution in [0.5, 0.6) is 11.5 Å². The number of carbonyl (C=O) groups is 2. The van der Waals surface area contributed by atoms with Crippen LogP contribution >= 0.6 is 11.3 Å². The van der Waals surface area contributed by atoms with Gasteiger partial charge in [0.05, 0.1) is 6.42 Å². The minimum absolute atomic E-state index is 0.227. The number of nitrogens with zero attached hydrogens (tertiary/aromatic N) is 1. The molecule has 6 rings (SSSR count). The van der Waals surface area contributed by atoms with E-state index in [4.69, 9.17) is 9.47 Å². The predicted molar refractivity (Wildman–Crippen MR) is 109 cm³/mol. The van der Waals surface area contributed by atoms with E-state index >= 15 is 0 Å². The summed E-state index contributed by atoms with van der Waals surface area (Å²) >= 11 is 1.56. The highest BCUT2D eigenvalue weighted by molar-refractivity contribution is 7.10. The number of thiophene rings is 1. The lowest BCUT2D eigenvalue weighted by Crippen LogP contribution is -2.65. The summed E-state index contributed by atoms with van der Waals surface area (Å²) in [5.74, 6) is 1.88. The molecule has 150 valence electrons. The first-order chi connectivity index (χ1) is 14.1. The molecule has 1 saturated carbocycles. The van der Waals surface area contributed by atoms with Crippen molar-refractivity contribution < 1.29 is 19.1 Å². The number of esters is 1. The third kappa shape index (κ3) is 2.36. The van der Waals surface area contributed by atoms with Gasteiger partial charge in [0.25, 0.3) is 0 Å².